The highest BCUT2D eigenvalue weighted by Gasteiger charge is 2.18. The van der Waals surface area contributed by atoms with E-state index in [2.05, 4.69) is 26.1 Å². The van der Waals surface area contributed by atoms with Crippen molar-refractivity contribution in [3.05, 3.63) is 53.0 Å². The first-order valence-electron chi connectivity index (χ1n) is 8.37. The number of hydrogen-bond acceptors (Lipinski definition) is 5. The second-order valence-corrected chi connectivity index (χ2v) is 7.65. The molecule has 0 spiro atoms. The minimum absolute atomic E-state index is 0.00329. The van der Waals surface area contributed by atoms with Gasteiger partial charge in [0, 0.05) is 23.8 Å². The number of aromatic hydroxyl groups is 1. The topological polar surface area (TPSA) is 71.2 Å². The molecule has 3 aromatic rings. The molecule has 0 aliphatic rings. The summed E-state index contributed by atoms with van der Waals surface area (Å²) in [6, 6.07) is 14.7. The summed E-state index contributed by atoms with van der Waals surface area (Å²) in [4.78, 5) is 14.4. The number of amides is 1. The van der Waals surface area contributed by atoms with Crippen molar-refractivity contribution in [3.8, 4) is 17.1 Å². The molecule has 0 aliphatic carbocycles. The highest BCUT2D eigenvalue weighted by molar-refractivity contribution is 9.10. The molecule has 0 saturated carbocycles. The Hall–Kier alpha value is -2.32. The standard InChI is InChI=1S/C19H19BrN4O2S/c1-3-24(14-7-5-4-6-8-14)17(26)12-27-19-22-21-18(23(19)2)15-11-13(20)9-10-16(15)25/h4-11,25H,3,12H2,1-2H3. The SMILES string of the molecule is CCN(C(=O)CSc1nnc(-c2cc(Br)ccc2O)n1C)c1ccccc1. The van der Waals surface area contributed by atoms with Crippen LogP contribution in [0.4, 0.5) is 5.69 Å². The average Bonchev–Trinajstić information content (AvgIpc) is 3.04. The van der Waals surface area contributed by atoms with Crippen molar-refractivity contribution in [3.63, 3.8) is 0 Å². The highest BCUT2D eigenvalue weighted by atomic mass is 79.9. The first kappa shape index (κ1) is 19.4. The van der Waals surface area contributed by atoms with Gasteiger partial charge in [-0.15, -0.1) is 10.2 Å². The lowest BCUT2D eigenvalue weighted by Gasteiger charge is -2.20. The molecule has 27 heavy (non-hydrogen) atoms. The molecule has 3 rings (SSSR count). The maximum Gasteiger partial charge on any atom is 0.237 e. The molecule has 0 fully saturated rings. The molecule has 140 valence electrons. The molecule has 0 aliphatic heterocycles. The Labute approximate surface area is 170 Å². The van der Waals surface area contributed by atoms with E-state index in [4.69, 9.17) is 0 Å². The predicted octanol–water partition coefficient (Wildman–Crippen LogP) is 4.10. The molecule has 8 heteroatoms. The number of phenols is 1. The Morgan fingerprint density at radius 3 is 2.67 bits per heavy atom. The van der Waals surface area contributed by atoms with Crippen LogP contribution in [0.1, 0.15) is 6.92 Å². The van der Waals surface area contributed by atoms with Crippen molar-refractivity contribution < 1.29 is 9.90 Å². The summed E-state index contributed by atoms with van der Waals surface area (Å²) < 4.78 is 2.61. The quantitative estimate of drug-likeness (QED) is 0.577. The number of thioether (sulfide) groups is 1. The minimum atomic E-state index is 0.00329. The van der Waals surface area contributed by atoms with Crippen LogP contribution in [0.2, 0.25) is 0 Å². The molecular weight excluding hydrogens is 428 g/mol. The zero-order valence-electron chi connectivity index (χ0n) is 15.0. The van der Waals surface area contributed by atoms with Crippen molar-refractivity contribution in [2.75, 3.05) is 17.2 Å². The average molecular weight is 447 g/mol. The Balaban J connectivity index is 1.75. The predicted molar refractivity (Wildman–Crippen MR) is 111 cm³/mol. The third-order valence-electron chi connectivity index (χ3n) is 4.04. The summed E-state index contributed by atoms with van der Waals surface area (Å²) in [5.41, 5.74) is 1.46. The van der Waals surface area contributed by atoms with Gasteiger partial charge in [0.2, 0.25) is 5.91 Å². The van der Waals surface area contributed by atoms with E-state index < -0.39 is 0 Å². The third-order valence-corrected chi connectivity index (χ3v) is 5.54. The van der Waals surface area contributed by atoms with Crippen molar-refractivity contribution in [2.24, 2.45) is 7.05 Å². The van der Waals surface area contributed by atoms with Crippen LogP contribution in [0.5, 0.6) is 5.75 Å². The zero-order chi connectivity index (χ0) is 19.4. The second-order valence-electron chi connectivity index (χ2n) is 5.79. The van der Waals surface area contributed by atoms with Gasteiger partial charge in [0.15, 0.2) is 11.0 Å². The largest absolute Gasteiger partial charge is 0.507 e. The lowest BCUT2D eigenvalue weighted by molar-refractivity contribution is -0.116. The van der Waals surface area contributed by atoms with Gasteiger partial charge in [0.1, 0.15) is 5.75 Å². The maximum absolute atomic E-state index is 12.6. The molecule has 1 amide bonds. The van der Waals surface area contributed by atoms with E-state index in [0.29, 0.717) is 23.1 Å². The van der Waals surface area contributed by atoms with Gasteiger partial charge in [0.05, 0.1) is 11.3 Å². The zero-order valence-corrected chi connectivity index (χ0v) is 17.4. The summed E-state index contributed by atoms with van der Waals surface area (Å²) in [5, 5.41) is 19.1. The van der Waals surface area contributed by atoms with E-state index in [0.717, 1.165) is 10.2 Å². The number of rotatable bonds is 6. The number of phenolic OH excluding ortho intramolecular Hbond substituents is 1. The molecule has 2 aromatic carbocycles. The Kier molecular flexibility index (Phi) is 6.18. The van der Waals surface area contributed by atoms with Gasteiger partial charge in [-0.2, -0.15) is 0 Å². The van der Waals surface area contributed by atoms with Gasteiger partial charge in [-0.05, 0) is 37.3 Å². The monoisotopic (exact) mass is 446 g/mol. The minimum Gasteiger partial charge on any atom is -0.507 e. The third kappa shape index (κ3) is 4.33. The van der Waals surface area contributed by atoms with Crippen LogP contribution in [-0.4, -0.2) is 38.1 Å². The van der Waals surface area contributed by atoms with Gasteiger partial charge in [-0.1, -0.05) is 45.9 Å². The number of benzene rings is 2. The number of hydrogen-bond donors (Lipinski definition) is 1. The van der Waals surface area contributed by atoms with Gasteiger partial charge >= 0.3 is 0 Å². The smallest absolute Gasteiger partial charge is 0.237 e. The van der Waals surface area contributed by atoms with Crippen LogP contribution in [0.15, 0.2) is 58.2 Å². The van der Waals surface area contributed by atoms with Crippen LogP contribution in [0, 0.1) is 0 Å². The van der Waals surface area contributed by atoms with Gasteiger partial charge in [-0.3, -0.25) is 4.79 Å². The van der Waals surface area contributed by atoms with Crippen molar-refractivity contribution in [1.82, 2.24) is 14.8 Å². The van der Waals surface area contributed by atoms with Crippen LogP contribution < -0.4 is 4.90 Å². The normalized spacial score (nSPS) is 10.8. The van der Waals surface area contributed by atoms with Crippen LogP contribution >= 0.6 is 27.7 Å². The number of aromatic nitrogens is 3. The molecule has 6 nitrogen and oxygen atoms in total. The molecule has 1 aromatic heterocycles. The maximum atomic E-state index is 12.6. The van der Waals surface area contributed by atoms with Gasteiger partial charge in [-0.25, -0.2) is 0 Å². The van der Waals surface area contributed by atoms with Gasteiger partial charge < -0.3 is 14.6 Å². The Morgan fingerprint density at radius 1 is 1.22 bits per heavy atom. The second kappa shape index (κ2) is 8.58. The summed E-state index contributed by atoms with van der Waals surface area (Å²) in [7, 11) is 1.82. The van der Waals surface area contributed by atoms with E-state index in [1.807, 2.05) is 44.3 Å². The fraction of sp³-hybridized carbons (Fsp3) is 0.211. The van der Waals surface area contributed by atoms with Crippen LogP contribution in [-0.2, 0) is 11.8 Å². The first-order chi connectivity index (χ1) is 13.0. The lowest BCUT2D eigenvalue weighted by Crippen LogP contribution is -2.32. The molecule has 0 bridgehead atoms. The number of nitrogens with zero attached hydrogens (tertiary/aromatic N) is 4. The van der Waals surface area contributed by atoms with Crippen LogP contribution in [0.3, 0.4) is 0 Å². The molecule has 0 radical (unpaired) electrons. The molecule has 0 unspecified atom stereocenters. The number of anilines is 1. The number of para-hydroxylation sites is 1. The van der Waals surface area contributed by atoms with E-state index in [9.17, 15) is 9.90 Å². The molecular formula is C19H19BrN4O2S. The van der Waals surface area contributed by atoms with E-state index in [-0.39, 0.29) is 17.4 Å². The summed E-state index contributed by atoms with van der Waals surface area (Å²) in [6.45, 7) is 2.55. The van der Waals surface area contributed by atoms with Crippen molar-refractivity contribution in [1.29, 1.82) is 0 Å². The molecule has 1 heterocycles. The summed E-state index contributed by atoms with van der Waals surface area (Å²) >= 11 is 4.72. The lowest BCUT2D eigenvalue weighted by atomic mass is 10.2. The summed E-state index contributed by atoms with van der Waals surface area (Å²) in [5.74, 6) is 0.921. The number of carbonyl (C=O) groups is 1. The van der Waals surface area contributed by atoms with Gasteiger partial charge in [0.25, 0.3) is 0 Å². The Bertz CT molecular complexity index is 946. The van der Waals surface area contributed by atoms with Crippen molar-refractivity contribution in [2.45, 2.75) is 12.1 Å². The van der Waals surface area contributed by atoms with E-state index in [1.165, 1.54) is 11.8 Å². The first-order valence-corrected chi connectivity index (χ1v) is 10.2. The Morgan fingerprint density at radius 2 is 1.96 bits per heavy atom. The molecule has 1 N–H and O–H groups in total. The summed E-state index contributed by atoms with van der Waals surface area (Å²) in [6.07, 6.45) is 0. The molecule has 0 atom stereocenters. The van der Waals surface area contributed by atoms with Crippen LogP contribution in [0.25, 0.3) is 11.4 Å². The molecule has 0 saturated heterocycles. The number of halogens is 1. The number of carbonyl (C=O) groups excluding carboxylic acids is 1. The van der Waals surface area contributed by atoms with Crippen molar-refractivity contribution >= 4 is 39.3 Å². The van der Waals surface area contributed by atoms with E-state index >= 15 is 0 Å². The fourth-order valence-corrected chi connectivity index (χ4v) is 3.83. The van der Waals surface area contributed by atoms with E-state index in [1.54, 1.807) is 27.7 Å². The fourth-order valence-electron chi connectivity index (χ4n) is 2.68. The highest BCUT2D eigenvalue weighted by Crippen LogP contribution is 2.32.